The summed E-state index contributed by atoms with van der Waals surface area (Å²) in [6, 6.07) is 22.0. The Bertz CT molecular complexity index is 856. The highest BCUT2D eigenvalue weighted by molar-refractivity contribution is 7.17. The molecule has 0 aliphatic rings. The summed E-state index contributed by atoms with van der Waals surface area (Å²) >= 11 is 1.71. The average molecular weight is 391 g/mol. The molecular weight excluding hydrogens is 360 g/mol. The lowest BCUT2D eigenvalue weighted by molar-refractivity contribution is 0.373. The van der Waals surface area contributed by atoms with Gasteiger partial charge in [0.15, 0.2) is 5.06 Å². The fourth-order valence-electron chi connectivity index (χ4n) is 3.17. The monoisotopic (exact) mass is 390 g/mol. The van der Waals surface area contributed by atoms with Crippen LogP contribution in [0.5, 0.6) is 5.06 Å². The van der Waals surface area contributed by atoms with Crippen molar-refractivity contribution in [2.45, 2.75) is 46.0 Å². The van der Waals surface area contributed by atoms with E-state index in [1.165, 1.54) is 46.4 Å². The molecule has 0 unspecified atom stereocenters. The second kappa shape index (κ2) is 10.9. The van der Waals surface area contributed by atoms with Gasteiger partial charge in [-0.15, -0.1) is 0 Å². The molecule has 28 heavy (non-hydrogen) atoms. The van der Waals surface area contributed by atoms with Gasteiger partial charge in [-0.05, 0) is 47.2 Å². The van der Waals surface area contributed by atoms with E-state index in [1.807, 2.05) is 0 Å². The Labute approximate surface area is 173 Å². The van der Waals surface area contributed by atoms with E-state index in [4.69, 9.17) is 4.74 Å². The van der Waals surface area contributed by atoms with Gasteiger partial charge in [-0.3, -0.25) is 0 Å². The number of ether oxygens (including phenoxy) is 1. The highest BCUT2D eigenvalue weighted by atomic mass is 32.1. The van der Waals surface area contributed by atoms with Crippen molar-refractivity contribution in [1.82, 2.24) is 0 Å². The fraction of sp³-hybridized carbons (Fsp3) is 0.308. The van der Waals surface area contributed by atoms with Gasteiger partial charge in [0.2, 0.25) is 0 Å². The SMILES string of the molecule is CCCCC=CCOc1ccc(-c2ccc(-c3ccc(CCC)cc3)cc2)s1. The first kappa shape index (κ1) is 20.4. The lowest BCUT2D eigenvalue weighted by Gasteiger charge is -2.05. The van der Waals surface area contributed by atoms with Gasteiger partial charge in [-0.1, -0.05) is 105 Å². The van der Waals surface area contributed by atoms with E-state index in [0.29, 0.717) is 6.61 Å². The maximum Gasteiger partial charge on any atom is 0.174 e. The average Bonchev–Trinajstić information content (AvgIpc) is 3.21. The number of hydrogen-bond donors (Lipinski definition) is 0. The van der Waals surface area contributed by atoms with Crippen LogP contribution in [0.2, 0.25) is 0 Å². The number of rotatable bonds is 10. The van der Waals surface area contributed by atoms with Crippen LogP contribution in [0.1, 0.15) is 45.1 Å². The van der Waals surface area contributed by atoms with Crippen molar-refractivity contribution in [2.24, 2.45) is 0 Å². The summed E-state index contributed by atoms with van der Waals surface area (Å²) in [4.78, 5) is 1.25. The van der Waals surface area contributed by atoms with Gasteiger partial charge in [-0.25, -0.2) is 0 Å². The molecule has 0 saturated carbocycles. The summed E-state index contributed by atoms with van der Waals surface area (Å²) in [5.41, 5.74) is 5.19. The van der Waals surface area contributed by atoms with Crippen molar-refractivity contribution in [3.63, 3.8) is 0 Å². The van der Waals surface area contributed by atoms with Gasteiger partial charge >= 0.3 is 0 Å². The van der Waals surface area contributed by atoms with Crippen LogP contribution in [0.15, 0.2) is 72.8 Å². The molecule has 0 N–H and O–H groups in total. The Morgan fingerprint density at radius 2 is 1.43 bits per heavy atom. The van der Waals surface area contributed by atoms with Crippen LogP contribution < -0.4 is 4.74 Å². The molecule has 0 aliphatic heterocycles. The molecule has 1 nitrogen and oxygen atoms in total. The maximum atomic E-state index is 5.84. The number of aryl methyl sites for hydroxylation is 1. The van der Waals surface area contributed by atoms with Gasteiger partial charge in [0.1, 0.15) is 6.61 Å². The van der Waals surface area contributed by atoms with Crippen LogP contribution in [0.4, 0.5) is 0 Å². The standard InChI is InChI=1S/C26H30OS/c1-3-5-6-7-8-20-27-26-19-18-25(28-26)24-16-14-23(15-17-24)22-12-10-21(9-4-2)11-13-22/h7-8,10-19H,3-6,9,20H2,1-2H3. The summed E-state index contributed by atoms with van der Waals surface area (Å²) in [5, 5.41) is 0.978. The zero-order valence-electron chi connectivity index (χ0n) is 17.0. The molecule has 146 valence electrons. The first-order valence-corrected chi connectivity index (χ1v) is 11.2. The molecule has 2 aromatic carbocycles. The van der Waals surface area contributed by atoms with E-state index in [1.54, 1.807) is 11.3 Å². The molecule has 3 aromatic rings. The molecule has 0 amide bonds. The Hall–Kier alpha value is -2.32. The Morgan fingerprint density at radius 3 is 2.11 bits per heavy atom. The highest BCUT2D eigenvalue weighted by Crippen LogP contribution is 2.34. The maximum absolute atomic E-state index is 5.84. The van der Waals surface area contributed by atoms with Gasteiger partial charge in [0.25, 0.3) is 0 Å². The Kier molecular flexibility index (Phi) is 7.93. The molecular formula is C26H30OS. The van der Waals surface area contributed by atoms with Crippen LogP contribution in [-0.2, 0) is 6.42 Å². The zero-order valence-corrected chi connectivity index (χ0v) is 17.8. The van der Waals surface area contributed by atoms with Crippen molar-refractivity contribution in [2.75, 3.05) is 6.61 Å². The van der Waals surface area contributed by atoms with E-state index < -0.39 is 0 Å². The van der Waals surface area contributed by atoms with Crippen molar-refractivity contribution < 1.29 is 4.74 Å². The van der Waals surface area contributed by atoms with Gasteiger partial charge in [-0.2, -0.15) is 0 Å². The number of unbranched alkanes of at least 4 members (excludes halogenated alkanes) is 2. The third-order valence-corrected chi connectivity index (χ3v) is 5.84. The van der Waals surface area contributed by atoms with Crippen LogP contribution >= 0.6 is 11.3 Å². The topological polar surface area (TPSA) is 9.23 Å². The first-order valence-electron chi connectivity index (χ1n) is 10.4. The molecule has 0 bridgehead atoms. The van der Waals surface area contributed by atoms with E-state index in [0.717, 1.165) is 17.9 Å². The lowest BCUT2D eigenvalue weighted by atomic mass is 10.0. The van der Waals surface area contributed by atoms with Crippen molar-refractivity contribution in [3.05, 3.63) is 78.4 Å². The van der Waals surface area contributed by atoms with Crippen LogP contribution in [0.3, 0.4) is 0 Å². The summed E-state index contributed by atoms with van der Waals surface area (Å²) in [6.45, 7) is 5.09. The summed E-state index contributed by atoms with van der Waals surface area (Å²) < 4.78 is 5.84. The van der Waals surface area contributed by atoms with E-state index in [9.17, 15) is 0 Å². The van der Waals surface area contributed by atoms with E-state index in [-0.39, 0.29) is 0 Å². The summed E-state index contributed by atoms with van der Waals surface area (Å²) in [6.07, 6.45) is 10.3. The third-order valence-electron chi connectivity index (χ3n) is 4.79. The number of thiophene rings is 1. The van der Waals surface area contributed by atoms with Crippen molar-refractivity contribution >= 4 is 11.3 Å². The second-order valence-corrected chi connectivity index (χ2v) is 8.11. The van der Waals surface area contributed by atoms with E-state index >= 15 is 0 Å². The number of hydrogen-bond acceptors (Lipinski definition) is 2. The minimum atomic E-state index is 0.649. The normalized spacial score (nSPS) is 11.2. The molecule has 3 rings (SSSR count). The number of allylic oxidation sites excluding steroid dienone is 1. The minimum absolute atomic E-state index is 0.649. The van der Waals surface area contributed by atoms with Crippen LogP contribution in [0, 0.1) is 0 Å². The fourth-order valence-corrected chi connectivity index (χ4v) is 4.04. The summed E-state index contributed by atoms with van der Waals surface area (Å²) in [7, 11) is 0. The molecule has 0 aliphatic carbocycles. The third kappa shape index (κ3) is 5.84. The molecule has 1 aromatic heterocycles. The van der Waals surface area contributed by atoms with Crippen LogP contribution in [0.25, 0.3) is 21.6 Å². The Balaban J connectivity index is 1.59. The smallest absolute Gasteiger partial charge is 0.174 e. The van der Waals surface area contributed by atoms with E-state index in [2.05, 4.69) is 86.7 Å². The first-order chi connectivity index (χ1) is 13.8. The Morgan fingerprint density at radius 1 is 0.750 bits per heavy atom. The van der Waals surface area contributed by atoms with Crippen LogP contribution in [-0.4, -0.2) is 6.61 Å². The van der Waals surface area contributed by atoms with Crippen molar-refractivity contribution in [1.29, 1.82) is 0 Å². The predicted octanol–water partition coefficient (Wildman–Crippen LogP) is 8.16. The number of benzene rings is 2. The molecule has 0 fully saturated rings. The molecule has 0 radical (unpaired) electrons. The summed E-state index contributed by atoms with van der Waals surface area (Å²) in [5.74, 6) is 0. The minimum Gasteiger partial charge on any atom is -0.480 e. The molecule has 2 heteroatoms. The molecule has 1 heterocycles. The van der Waals surface area contributed by atoms with Crippen molar-refractivity contribution in [3.8, 4) is 26.6 Å². The predicted molar refractivity (Wildman–Crippen MR) is 123 cm³/mol. The molecule has 0 saturated heterocycles. The highest BCUT2D eigenvalue weighted by Gasteiger charge is 2.05. The quantitative estimate of drug-likeness (QED) is 0.250. The van der Waals surface area contributed by atoms with Gasteiger partial charge in [0.05, 0.1) is 0 Å². The lowest BCUT2D eigenvalue weighted by Crippen LogP contribution is -1.90. The largest absolute Gasteiger partial charge is 0.480 e. The van der Waals surface area contributed by atoms with Gasteiger partial charge in [0, 0.05) is 4.88 Å². The molecule has 0 spiro atoms. The molecule has 0 atom stereocenters. The van der Waals surface area contributed by atoms with Gasteiger partial charge < -0.3 is 4.74 Å². The second-order valence-electron chi connectivity index (χ2n) is 7.07. The zero-order chi connectivity index (χ0) is 19.6.